The molecule has 1 aliphatic rings. The van der Waals surface area contributed by atoms with Crippen LogP contribution in [0.15, 0.2) is 91.0 Å². The number of rotatable bonds is 10. The summed E-state index contributed by atoms with van der Waals surface area (Å²) in [5, 5.41) is 15.4. The van der Waals surface area contributed by atoms with E-state index in [2.05, 4.69) is 28.0 Å². The topological polar surface area (TPSA) is 75.9 Å². The van der Waals surface area contributed by atoms with Gasteiger partial charge in [0.05, 0.1) is 23.4 Å². The van der Waals surface area contributed by atoms with Crippen LogP contribution in [0.2, 0.25) is 0 Å². The van der Waals surface area contributed by atoms with Crippen molar-refractivity contribution in [3.63, 3.8) is 0 Å². The van der Waals surface area contributed by atoms with Gasteiger partial charge in [-0.15, -0.1) is 0 Å². The Morgan fingerprint density at radius 2 is 1.44 bits per heavy atom. The van der Waals surface area contributed by atoms with Gasteiger partial charge in [-0.1, -0.05) is 72.8 Å². The van der Waals surface area contributed by atoms with Crippen molar-refractivity contribution < 1.29 is 14.6 Å². The first kappa shape index (κ1) is 26.8. The Labute approximate surface area is 240 Å². The number of ether oxygens (including phenoxy) is 2. The van der Waals surface area contributed by atoms with Crippen molar-refractivity contribution >= 4 is 16.6 Å². The van der Waals surface area contributed by atoms with Gasteiger partial charge in [-0.3, -0.25) is 9.58 Å². The lowest BCUT2D eigenvalue weighted by Gasteiger charge is -2.36. The maximum absolute atomic E-state index is 9.32. The second-order valence-electron chi connectivity index (χ2n) is 10.2. The maximum Gasteiger partial charge on any atom is 0.226 e. The summed E-state index contributed by atoms with van der Waals surface area (Å²) in [6.07, 6.45) is 0. The summed E-state index contributed by atoms with van der Waals surface area (Å²) in [7, 11) is 1.99. The third kappa shape index (κ3) is 6.04. The van der Waals surface area contributed by atoms with E-state index in [1.165, 1.54) is 0 Å². The van der Waals surface area contributed by atoms with E-state index in [0.717, 1.165) is 71.7 Å². The fourth-order valence-corrected chi connectivity index (χ4v) is 5.38. The molecule has 2 aromatic heterocycles. The smallest absolute Gasteiger partial charge is 0.226 e. The zero-order valence-corrected chi connectivity index (χ0v) is 23.3. The molecule has 0 aliphatic carbocycles. The predicted molar refractivity (Wildman–Crippen MR) is 161 cm³/mol. The van der Waals surface area contributed by atoms with Gasteiger partial charge in [0.1, 0.15) is 18.9 Å². The average Bonchev–Trinajstić information content (AvgIpc) is 3.37. The summed E-state index contributed by atoms with van der Waals surface area (Å²) < 4.78 is 14.3. The number of aliphatic hydroxyl groups excluding tert-OH is 1. The predicted octanol–water partition coefficient (Wildman–Crippen LogP) is 4.91. The van der Waals surface area contributed by atoms with E-state index in [1.54, 1.807) is 0 Å². The number of benzene rings is 3. The quantitative estimate of drug-likeness (QED) is 0.265. The highest BCUT2D eigenvalue weighted by molar-refractivity contribution is 6.01. The summed E-state index contributed by atoms with van der Waals surface area (Å²) in [6, 6.07) is 30.4. The lowest BCUT2D eigenvalue weighted by molar-refractivity contribution is 0.189. The highest BCUT2D eigenvalue weighted by atomic mass is 16.5. The number of pyridine rings is 1. The molecule has 41 heavy (non-hydrogen) atoms. The number of hydrogen-bond acceptors (Lipinski definition) is 7. The molecule has 6 rings (SSSR count). The Kier molecular flexibility index (Phi) is 8.11. The number of para-hydroxylation sites is 1. The molecule has 3 aromatic carbocycles. The molecule has 1 N–H and O–H groups in total. The number of aryl methyl sites for hydroxylation is 1. The van der Waals surface area contributed by atoms with Crippen LogP contribution in [-0.4, -0.2) is 64.1 Å². The van der Waals surface area contributed by atoms with Crippen LogP contribution in [0.4, 0.5) is 5.69 Å². The molecule has 210 valence electrons. The number of piperazine rings is 1. The Hall–Kier alpha value is -4.40. The number of hydrogen-bond donors (Lipinski definition) is 1. The van der Waals surface area contributed by atoms with Crippen molar-refractivity contribution in [2.75, 3.05) is 44.2 Å². The van der Waals surface area contributed by atoms with Crippen LogP contribution >= 0.6 is 0 Å². The molecule has 0 atom stereocenters. The lowest BCUT2D eigenvalue weighted by atomic mass is 10.1. The number of fused-ring (bicyclic) bond motifs is 1. The van der Waals surface area contributed by atoms with Crippen molar-refractivity contribution in [3.8, 4) is 23.0 Å². The zero-order chi connectivity index (χ0) is 28.0. The van der Waals surface area contributed by atoms with Gasteiger partial charge in [-0.05, 0) is 23.3 Å². The minimum atomic E-state index is 0.194. The standard InChI is InChI=1S/C33H35N5O3/c1-36-32-27(13-8-14-29(32)38-19-17-37(18-20-38)21-22-39)31(35-36)28-15-16-30(40-23-25-9-4-2-5-10-25)34-33(28)41-24-26-11-6-3-7-12-26/h2-16,39H,17-24H2,1H3. The number of anilines is 1. The van der Waals surface area contributed by atoms with Gasteiger partial charge < -0.3 is 19.5 Å². The lowest BCUT2D eigenvalue weighted by Crippen LogP contribution is -2.47. The minimum Gasteiger partial charge on any atom is -0.473 e. The summed E-state index contributed by atoms with van der Waals surface area (Å²) in [6.45, 7) is 5.38. The number of nitrogens with zero attached hydrogens (tertiary/aromatic N) is 5. The Morgan fingerprint density at radius 3 is 2.12 bits per heavy atom. The summed E-state index contributed by atoms with van der Waals surface area (Å²) in [5.41, 5.74) is 6.03. The Morgan fingerprint density at radius 1 is 0.756 bits per heavy atom. The molecule has 8 heteroatoms. The zero-order valence-electron chi connectivity index (χ0n) is 23.3. The molecule has 0 unspecified atom stereocenters. The third-order valence-electron chi connectivity index (χ3n) is 7.51. The van der Waals surface area contributed by atoms with E-state index >= 15 is 0 Å². The molecule has 3 heterocycles. The molecule has 0 bridgehead atoms. The highest BCUT2D eigenvalue weighted by Gasteiger charge is 2.23. The van der Waals surface area contributed by atoms with E-state index in [-0.39, 0.29) is 6.61 Å². The number of β-amino-alcohol motifs (C(OH)–C–C–N with tert-alkyl or cyclic N) is 1. The highest BCUT2D eigenvalue weighted by Crippen LogP contribution is 2.38. The first-order valence-corrected chi connectivity index (χ1v) is 14.1. The van der Waals surface area contributed by atoms with E-state index in [0.29, 0.717) is 25.0 Å². The van der Waals surface area contributed by atoms with Crippen LogP contribution < -0.4 is 14.4 Å². The molecule has 1 fully saturated rings. The largest absolute Gasteiger partial charge is 0.473 e. The van der Waals surface area contributed by atoms with E-state index in [9.17, 15) is 5.11 Å². The molecule has 1 saturated heterocycles. The first-order valence-electron chi connectivity index (χ1n) is 14.1. The molecule has 1 aliphatic heterocycles. The summed E-state index contributed by atoms with van der Waals surface area (Å²) >= 11 is 0. The normalized spacial score (nSPS) is 14.0. The maximum atomic E-state index is 9.32. The van der Waals surface area contributed by atoms with Crippen LogP contribution in [0, 0.1) is 0 Å². The molecule has 0 amide bonds. The van der Waals surface area contributed by atoms with Crippen molar-refractivity contribution in [2.24, 2.45) is 7.05 Å². The third-order valence-corrected chi connectivity index (χ3v) is 7.51. The molecular formula is C33H35N5O3. The van der Waals surface area contributed by atoms with Gasteiger partial charge in [0.15, 0.2) is 0 Å². The molecule has 5 aromatic rings. The fraction of sp³-hybridized carbons (Fsp3) is 0.273. The number of aliphatic hydroxyl groups is 1. The molecule has 0 saturated carbocycles. The van der Waals surface area contributed by atoms with E-state index in [4.69, 9.17) is 19.6 Å². The van der Waals surface area contributed by atoms with Gasteiger partial charge in [0.25, 0.3) is 0 Å². The average molecular weight is 550 g/mol. The van der Waals surface area contributed by atoms with Crippen LogP contribution in [0.25, 0.3) is 22.2 Å². The Balaban J connectivity index is 1.33. The van der Waals surface area contributed by atoms with Gasteiger partial charge in [-0.2, -0.15) is 10.1 Å². The van der Waals surface area contributed by atoms with Gasteiger partial charge in [0.2, 0.25) is 11.8 Å². The second kappa shape index (κ2) is 12.4. The molecule has 8 nitrogen and oxygen atoms in total. The van der Waals surface area contributed by atoms with Crippen LogP contribution in [0.1, 0.15) is 11.1 Å². The van der Waals surface area contributed by atoms with Crippen molar-refractivity contribution in [1.29, 1.82) is 0 Å². The van der Waals surface area contributed by atoms with Gasteiger partial charge in [-0.25, -0.2) is 0 Å². The summed E-state index contributed by atoms with van der Waals surface area (Å²) in [5.74, 6) is 0.991. The van der Waals surface area contributed by atoms with Crippen LogP contribution in [0.5, 0.6) is 11.8 Å². The summed E-state index contributed by atoms with van der Waals surface area (Å²) in [4.78, 5) is 9.51. The fourth-order valence-electron chi connectivity index (χ4n) is 5.38. The van der Waals surface area contributed by atoms with Crippen LogP contribution in [0.3, 0.4) is 0 Å². The van der Waals surface area contributed by atoms with E-state index < -0.39 is 0 Å². The molecule has 0 spiro atoms. The number of aromatic nitrogens is 3. The van der Waals surface area contributed by atoms with Crippen LogP contribution in [-0.2, 0) is 20.3 Å². The van der Waals surface area contributed by atoms with Crippen molar-refractivity contribution in [2.45, 2.75) is 13.2 Å². The van der Waals surface area contributed by atoms with Crippen molar-refractivity contribution in [1.82, 2.24) is 19.7 Å². The van der Waals surface area contributed by atoms with E-state index in [1.807, 2.05) is 84.5 Å². The first-order chi connectivity index (χ1) is 20.2. The molecular weight excluding hydrogens is 514 g/mol. The second-order valence-corrected chi connectivity index (χ2v) is 10.2. The Bertz CT molecular complexity index is 1580. The monoisotopic (exact) mass is 549 g/mol. The van der Waals surface area contributed by atoms with Crippen molar-refractivity contribution in [3.05, 3.63) is 102 Å². The van der Waals surface area contributed by atoms with Gasteiger partial charge in [0, 0.05) is 51.2 Å². The van der Waals surface area contributed by atoms with Gasteiger partial charge >= 0.3 is 0 Å². The molecule has 0 radical (unpaired) electrons. The minimum absolute atomic E-state index is 0.194. The SMILES string of the molecule is Cn1nc(-c2ccc(OCc3ccccc3)nc2OCc2ccccc2)c2cccc(N3CCN(CCO)CC3)c21.